The van der Waals surface area contributed by atoms with E-state index in [0.29, 0.717) is 0 Å². The average molecular weight is 201 g/mol. The molecule has 0 saturated heterocycles. The van der Waals surface area contributed by atoms with Gasteiger partial charge in [0.1, 0.15) is 6.04 Å². The summed E-state index contributed by atoms with van der Waals surface area (Å²) in [5.74, 6) is -1.43. The zero-order valence-electron chi connectivity index (χ0n) is 6.58. The Hall–Kier alpha value is -0.820. The number of nitrogens with two attached hydrogens (primary N) is 1. The summed E-state index contributed by atoms with van der Waals surface area (Å²) in [4.78, 5) is 10.1. The van der Waals surface area contributed by atoms with Gasteiger partial charge in [-0.25, -0.2) is 0 Å². The average Bonchev–Trinajstić information content (AvgIpc) is 1.81. The van der Waals surface area contributed by atoms with E-state index in [1.54, 1.807) is 0 Å². The molecule has 0 aliphatic heterocycles. The van der Waals surface area contributed by atoms with Crippen LogP contribution in [0.3, 0.4) is 0 Å². The number of alkyl halides is 3. The molecule has 0 aliphatic carbocycles. The Morgan fingerprint density at radius 3 is 2.23 bits per heavy atom. The van der Waals surface area contributed by atoms with Gasteiger partial charge >= 0.3 is 12.1 Å². The van der Waals surface area contributed by atoms with Crippen LogP contribution in [-0.4, -0.2) is 34.5 Å². The minimum absolute atomic E-state index is 0.602. The van der Waals surface area contributed by atoms with Crippen LogP contribution in [0.4, 0.5) is 13.2 Å². The van der Waals surface area contributed by atoms with Crippen LogP contribution < -0.4 is 5.73 Å². The zero-order valence-corrected chi connectivity index (χ0v) is 6.58. The van der Waals surface area contributed by atoms with Gasteiger partial charge < -0.3 is 15.9 Å². The Labute approximate surface area is 72.2 Å². The highest BCUT2D eigenvalue weighted by Gasteiger charge is 2.32. The van der Waals surface area contributed by atoms with Crippen molar-refractivity contribution in [1.29, 1.82) is 0 Å². The molecule has 0 aromatic rings. The minimum Gasteiger partial charge on any atom is -0.480 e. The van der Waals surface area contributed by atoms with Gasteiger partial charge in [-0.05, 0) is 6.42 Å². The fourth-order valence-corrected chi connectivity index (χ4v) is 0.744. The molecule has 0 fully saturated rings. The number of halogens is 3. The van der Waals surface area contributed by atoms with Crippen molar-refractivity contribution in [2.24, 2.45) is 5.73 Å². The molecule has 0 aliphatic rings. The molecular weight excluding hydrogens is 191 g/mol. The van der Waals surface area contributed by atoms with Crippen molar-refractivity contribution in [1.82, 2.24) is 0 Å². The summed E-state index contributed by atoms with van der Waals surface area (Å²) in [5, 5.41) is 17.0. The molecule has 4 N–H and O–H groups in total. The summed E-state index contributed by atoms with van der Waals surface area (Å²) in [5.41, 5.74) is 4.91. The predicted molar refractivity (Wildman–Crippen MR) is 36.9 cm³/mol. The lowest BCUT2D eigenvalue weighted by Crippen LogP contribution is -2.35. The predicted octanol–water partition coefficient (Wildman–Crippen LogP) is 0.102. The van der Waals surface area contributed by atoms with Gasteiger partial charge in [-0.3, -0.25) is 4.79 Å². The van der Waals surface area contributed by atoms with Crippen LogP contribution in [0, 0.1) is 0 Å². The van der Waals surface area contributed by atoms with E-state index < -0.39 is 37.1 Å². The summed E-state index contributed by atoms with van der Waals surface area (Å²) in [6.07, 6.45) is -8.30. The van der Waals surface area contributed by atoms with Crippen LogP contribution in [0.1, 0.15) is 12.8 Å². The Kier molecular flexibility index (Phi) is 4.15. The van der Waals surface area contributed by atoms with E-state index in [1.807, 2.05) is 0 Å². The number of carboxylic acid groups (broad SMARTS) is 1. The highest BCUT2D eigenvalue weighted by Crippen LogP contribution is 2.22. The van der Waals surface area contributed by atoms with Crippen LogP contribution >= 0.6 is 0 Å². The monoisotopic (exact) mass is 201 g/mol. The molecule has 78 valence electrons. The maximum absolute atomic E-state index is 11.6. The molecule has 1 unspecified atom stereocenters. The van der Waals surface area contributed by atoms with Crippen molar-refractivity contribution >= 4 is 5.97 Å². The van der Waals surface area contributed by atoms with Crippen molar-refractivity contribution < 1.29 is 28.2 Å². The SMILES string of the molecule is N[C@@H](CC(O)CC(F)(F)F)C(=O)O. The van der Waals surface area contributed by atoms with Crippen molar-refractivity contribution in [3.8, 4) is 0 Å². The van der Waals surface area contributed by atoms with E-state index in [2.05, 4.69) is 0 Å². The lowest BCUT2D eigenvalue weighted by molar-refractivity contribution is -0.157. The fraction of sp³-hybridized carbons (Fsp3) is 0.833. The second kappa shape index (κ2) is 4.43. The Morgan fingerprint density at radius 1 is 1.46 bits per heavy atom. The summed E-state index contributed by atoms with van der Waals surface area (Å²) in [6.45, 7) is 0. The number of rotatable bonds is 4. The molecular formula is C6H10F3NO3. The summed E-state index contributed by atoms with van der Waals surface area (Å²) >= 11 is 0. The zero-order chi connectivity index (χ0) is 10.6. The standard InChI is InChI=1S/C6H10F3NO3/c7-6(8,9)2-3(11)1-4(10)5(12)13/h3-4,11H,1-2,10H2,(H,12,13)/t3?,4-/m0/s1. The van der Waals surface area contributed by atoms with E-state index in [0.717, 1.165) is 0 Å². The number of carboxylic acids is 1. The largest absolute Gasteiger partial charge is 0.480 e. The van der Waals surface area contributed by atoms with Gasteiger partial charge in [0.05, 0.1) is 12.5 Å². The second-order valence-electron chi connectivity index (χ2n) is 2.65. The van der Waals surface area contributed by atoms with Gasteiger partial charge in [-0.2, -0.15) is 13.2 Å². The lowest BCUT2D eigenvalue weighted by atomic mass is 10.1. The highest BCUT2D eigenvalue weighted by atomic mass is 19.4. The van der Waals surface area contributed by atoms with Gasteiger partial charge in [0, 0.05) is 0 Å². The normalized spacial score (nSPS) is 16.7. The molecule has 7 heteroatoms. The molecule has 0 rings (SSSR count). The molecule has 0 bridgehead atoms. The molecule has 0 spiro atoms. The first-order chi connectivity index (χ1) is 5.72. The molecule has 0 aromatic carbocycles. The van der Waals surface area contributed by atoms with Crippen molar-refractivity contribution in [3.05, 3.63) is 0 Å². The van der Waals surface area contributed by atoms with Crippen LogP contribution in [0.15, 0.2) is 0 Å². The van der Waals surface area contributed by atoms with Gasteiger partial charge in [0.2, 0.25) is 0 Å². The summed E-state index contributed by atoms with van der Waals surface area (Å²) in [6, 6.07) is -1.46. The van der Waals surface area contributed by atoms with E-state index in [-0.39, 0.29) is 0 Å². The number of carbonyl (C=O) groups is 1. The molecule has 2 atom stereocenters. The summed E-state index contributed by atoms with van der Waals surface area (Å²) in [7, 11) is 0. The van der Waals surface area contributed by atoms with Crippen LogP contribution in [0.2, 0.25) is 0 Å². The molecule has 13 heavy (non-hydrogen) atoms. The van der Waals surface area contributed by atoms with Crippen molar-refractivity contribution in [2.75, 3.05) is 0 Å². The van der Waals surface area contributed by atoms with Gasteiger partial charge in [-0.1, -0.05) is 0 Å². The number of hydrogen-bond acceptors (Lipinski definition) is 3. The first kappa shape index (κ1) is 12.2. The second-order valence-corrected chi connectivity index (χ2v) is 2.65. The fourth-order valence-electron chi connectivity index (χ4n) is 0.744. The quantitative estimate of drug-likeness (QED) is 0.602. The summed E-state index contributed by atoms with van der Waals surface area (Å²) < 4.78 is 34.8. The Balaban J connectivity index is 3.88. The molecule has 0 saturated carbocycles. The van der Waals surface area contributed by atoms with Crippen molar-refractivity contribution in [3.63, 3.8) is 0 Å². The topological polar surface area (TPSA) is 83.5 Å². The first-order valence-corrected chi connectivity index (χ1v) is 3.45. The third-order valence-electron chi connectivity index (χ3n) is 1.31. The maximum Gasteiger partial charge on any atom is 0.391 e. The van der Waals surface area contributed by atoms with Gasteiger partial charge in [-0.15, -0.1) is 0 Å². The molecule has 0 radical (unpaired) electrons. The molecule has 0 amide bonds. The Morgan fingerprint density at radius 2 is 1.92 bits per heavy atom. The number of aliphatic hydroxyl groups is 1. The molecule has 0 aromatic heterocycles. The number of hydrogen-bond donors (Lipinski definition) is 3. The van der Waals surface area contributed by atoms with Crippen LogP contribution in [0.5, 0.6) is 0 Å². The Bertz CT molecular complexity index is 182. The minimum atomic E-state index is -4.50. The molecule has 0 heterocycles. The van der Waals surface area contributed by atoms with Crippen molar-refractivity contribution in [2.45, 2.75) is 31.2 Å². The van der Waals surface area contributed by atoms with E-state index >= 15 is 0 Å². The maximum atomic E-state index is 11.6. The first-order valence-electron chi connectivity index (χ1n) is 3.45. The van der Waals surface area contributed by atoms with Gasteiger partial charge in [0.15, 0.2) is 0 Å². The smallest absolute Gasteiger partial charge is 0.391 e. The van der Waals surface area contributed by atoms with Crippen LogP contribution in [-0.2, 0) is 4.79 Å². The third kappa shape index (κ3) is 6.35. The van der Waals surface area contributed by atoms with Gasteiger partial charge in [0.25, 0.3) is 0 Å². The highest BCUT2D eigenvalue weighted by molar-refractivity contribution is 5.73. The number of aliphatic hydroxyl groups excluding tert-OH is 1. The molecule has 4 nitrogen and oxygen atoms in total. The van der Waals surface area contributed by atoms with E-state index in [9.17, 15) is 18.0 Å². The van der Waals surface area contributed by atoms with Crippen LogP contribution in [0.25, 0.3) is 0 Å². The van der Waals surface area contributed by atoms with E-state index in [1.165, 1.54) is 0 Å². The third-order valence-corrected chi connectivity index (χ3v) is 1.31. The lowest BCUT2D eigenvalue weighted by Gasteiger charge is -2.14. The number of aliphatic carboxylic acids is 1. The van der Waals surface area contributed by atoms with E-state index in [4.69, 9.17) is 15.9 Å².